The molecule has 1 heterocycles. The van der Waals surface area contributed by atoms with E-state index in [-0.39, 0.29) is 6.61 Å². The number of methoxy groups -OCH3 is 1. The van der Waals surface area contributed by atoms with Crippen molar-refractivity contribution in [2.45, 2.75) is 5.92 Å². The number of esters is 1. The van der Waals surface area contributed by atoms with Crippen molar-refractivity contribution in [1.82, 2.24) is 4.98 Å². The number of rotatable bonds is 5. The molecule has 2 aromatic rings. The van der Waals surface area contributed by atoms with Crippen LogP contribution in [0.15, 0.2) is 48.7 Å². The minimum atomic E-state index is -0.586. The Morgan fingerprint density at radius 2 is 2.00 bits per heavy atom. The summed E-state index contributed by atoms with van der Waals surface area (Å²) in [5.74, 6) is -0.452. The Morgan fingerprint density at radius 1 is 1.25 bits per heavy atom. The first-order valence-electron chi connectivity index (χ1n) is 6.08. The van der Waals surface area contributed by atoms with Gasteiger partial charge in [-0.2, -0.15) is 0 Å². The number of ether oxygens (including phenoxy) is 2. The molecule has 0 bridgehead atoms. The van der Waals surface area contributed by atoms with E-state index in [2.05, 4.69) is 4.98 Å². The van der Waals surface area contributed by atoms with E-state index in [9.17, 15) is 4.79 Å². The molecule has 1 atom stereocenters. The van der Waals surface area contributed by atoms with E-state index in [1.54, 1.807) is 30.5 Å². The second-order valence-corrected chi connectivity index (χ2v) is 4.48. The van der Waals surface area contributed by atoms with Crippen molar-refractivity contribution < 1.29 is 14.3 Å². The smallest absolute Gasteiger partial charge is 0.318 e. The molecule has 1 aromatic carbocycles. The number of para-hydroxylation sites is 1. The number of aromatic nitrogens is 1. The van der Waals surface area contributed by atoms with Gasteiger partial charge in [0.1, 0.15) is 18.3 Å². The average molecular weight is 292 g/mol. The van der Waals surface area contributed by atoms with Gasteiger partial charge in [0.05, 0.1) is 17.8 Å². The molecule has 0 aliphatic heterocycles. The third-order valence-corrected chi connectivity index (χ3v) is 3.08. The molecule has 1 aromatic heterocycles. The highest BCUT2D eigenvalue weighted by molar-refractivity contribution is 6.32. The second-order valence-electron chi connectivity index (χ2n) is 4.07. The van der Waals surface area contributed by atoms with Crippen molar-refractivity contribution in [3.63, 3.8) is 0 Å². The molecule has 0 aliphatic rings. The highest BCUT2D eigenvalue weighted by Gasteiger charge is 2.23. The van der Waals surface area contributed by atoms with Gasteiger partial charge in [-0.15, -0.1) is 0 Å². The van der Waals surface area contributed by atoms with Crippen LogP contribution >= 0.6 is 11.6 Å². The van der Waals surface area contributed by atoms with Crippen molar-refractivity contribution in [3.8, 4) is 5.75 Å². The minimum absolute atomic E-state index is 0.118. The van der Waals surface area contributed by atoms with E-state index in [0.717, 1.165) is 0 Å². The SMILES string of the molecule is COC(=O)C(COc1ccccc1Cl)c1ccccn1. The molecule has 0 fully saturated rings. The van der Waals surface area contributed by atoms with E-state index < -0.39 is 11.9 Å². The Balaban J connectivity index is 2.14. The van der Waals surface area contributed by atoms with Crippen molar-refractivity contribution in [2.24, 2.45) is 0 Å². The Morgan fingerprint density at radius 3 is 2.65 bits per heavy atom. The van der Waals surface area contributed by atoms with Crippen LogP contribution in [0.1, 0.15) is 11.6 Å². The summed E-state index contributed by atoms with van der Waals surface area (Å²) in [6.45, 7) is 0.118. The highest BCUT2D eigenvalue weighted by Crippen LogP contribution is 2.25. The Kier molecular flexibility index (Phi) is 4.96. The lowest BCUT2D eigenvalue weighted by Gasteiger charge is -2.15. The molecule has 0 radical (unpaired) electrons. The number of carbonyl (C=O) groups is 1. The fourth-order valence-electron chi connectivity index (χ4n) is 1.73. The van der Waals surface area contributed by atoms with E-state index in [1.807, 2.05) is 18.2 Å². The van der Waals surface area contributed by atoms with Gasteiger partial charge in [0.15, 0.2) is 0 Å². The zero-order chi connectivity index (χ0) is 14.4. The lowest BCUT2D eigenvalue weighted by molar-refractivity contribution is -0.143. The monoisotopic (exact) mass is 291 g/mol. The molecule has 0 N–H and O–H groups in total. The molecule has 0 saturated heterocycles. The summed E-state index contributed by atoms with van der Waals surface area (Å²) in [5.41, 5.74) is 0.603. The van der Waals surface area contributed by atoms with Crippen molar-refractivity contribution in [3.05, 3.63) is 59.4 Å². The summed E-state index contributed by atoms with van der Waals surface area (Å²) in [7, 11) is 1.34. The van der Waals surface area contributed by atoms with Crippen LogP contribution in [0.2, 0.25) is 5.02 Å². The van der Waals surface area contributed by atoms with Crippen molar-refractivity contribution in [2.75, 3.05) is 13.7 Å². The van der Waals surface area contributed by atoms with Gasteiger partial charge < -0.3 is 9.47 Å². The molecule has 104 valence electrons. The van der Waals surface area contributed by atoms with Gasteiger partial charge >= 0.3 is 5.97 Å². The molecule has 0 amide bonds. The standard InChI is InChI=1S/C15H14ClNO3/c1-19-15(18)11(13-7-4-5-9-17-13)10-20-14-8-3-2-6-12(14)16/h2-9,11H,10H2,1H3. The van der Waals surface area contributed by atoms with Gasteiger partial charge in [0.25, 0.3) is 0 Å². The molecule has 0 aliphatic carbocycles. The number of nitrogens with zero attached hydrogens (tertiary/aromatic N) is 1. The first kappa shape index (κ1) is 14.3. The van der Waals surface area contributed by atoms with Crippen LogP contribution in [0.25, 0.3) is 0 Å². The van der Waals surface area contributed by atoms with Gasteiger partial charge in [-0.3, -0.25) is 9.78 Å². The maximum Gasteiger partial charge on any atom is 0.318 e. The van der Waals surface area contributed by atoms with Gasteiger partial charge in [-0.1, -0.05) is 29.8 Å². The molecule has 2 rings (SSSR count). The predicted molar refractivity (Wildman–Crippen MR) is 75.9 cm³/mol. The zero-order valence-electron chi connectivity index (χ0n) is 11.0. The predicted octanol–water partition coefficient (Wildman–Crippen LogP) is 3.07. The van der Waals surface area contributed by atoms with Crippen LogP contribution in [0, 0.1) is 0 Å². The fraction of sp³-hybridized carbons (Fsp3) is 0.200. The fourth-order valence-corrected chi connectivity index (χ4v) is 1.92. The lowest BCUT2D eigenvalue weighted by atomic mass is 10.1. The van der Waals surface area contributed by atoms with E-state index >= 15 is 0 Å². The number of carbonyl (C=O) groups excluding carboxylic acids is 1. The lowest BCUT2D eigenvalue weighted by Crippen LogP contribution is -2.22. The third kappa shape index (κ3) is 3.48. The van der Waals surface area contributed by atoms with Gasteiger partial charge in [-0.25, -0.2) is 0 Å². The van der Waals surface area contributed by atoms with Crippen LogP contribution in [0.5, 0.6) is 5.75 Å². The summed E-state index contributed by atoms with van der Waals surface area (Å²) in [5, 5.41) is 0.497. The summed E-state index contributed by atoms with van der Waals surface area (Å²) in [6, 6.07) is 12.5. The average Bonchev–Trinajstić information content (AvgIpc) is 2.50. The van der Waals surface area contributed by atoms with E-state index in [1.165, 1.54) is 7.11 Å². The van der Waals surface area contributed by atoms with Gasteiger partial charge in [-0.05, 0) is 24.3 Å². The number of benzene rings is 1. The quantitative estimate of drug-likeness (QED) is 0.794. The van der Waals surface area contributed by atoms with Crippen molar-refractivity contribution >= 4 is 17.6 Å². The molecule has 0 saturated carbocycles. The maximum absolute atomic E-state index is 11.8. The largest absolute Gasteiger partial charge is 0.491 e. The highest BCUT2D eigenvalue weighted by atomic mass is 35.5. The van der Waals surface area contributed by atoms with Crippen LogP contribution in [0.3, 0.4) is 0 Å². The molecule has 4 nitrogen and oxygen atoms in total. The molecule has 1 unspecified atom stereocenters. The van der Waals surface area contributed by atoms with E-state index in [4.69, 9.17) is 21.1 Å². The molecule has 5 heteroatoms. The number of hydrogen-bond acceptors (Lipinski definition) is 4. The summed E-state index contributed by atoms with van der Waals surface area (Å²) < 4.78 is 10.4. The van der Waals surface area contributed by atoms with Crippen LogP contribution in [-0.2, 0) is 9.53 Å². The molecular formula is C15H14ClNO3. The normalized spacial score (nSPS) is 11.7. The number of halogens is 1. The number of hydrogen-bond donors (Lipinski definition) is 0. The molecule has 20 heavy (non-hydrogen) atoms. The third-order valence-electron chi connectivity index (χ3n) is 2.77. The number of pyridine rings is 1. The first-order chi connectivity index (χ1) is 9.72. The van der Waals surface area contributed by atoms with Crippen molar-refractivity contribution in [1.29, 1.82) is 0 Å². The first-order valence-corrected chi connectivity index (χ1v) is 6.46. The zero-order valence-corrected chi connectivity index (χ0v) is 11.7. The van der Waals surface area contributed by atoms with Gasteiger partial charge in [0, 0.05) is 6.20 Å². The van der Waals surface area contributed by atoms with Gasteiger partial charge in [0.2, 0.25) is 0 Å². The van der Waals surface area contributed by atoms with E-state index in [0.29, 0.717) is 16.5 Å². The minimum Gasteiger partial charge on any atom is -0.491 e. The topological polar surface area (TPSA) is 48.4 Å². The Labute approximate surface area is 122 Å². The van der Waals surface area contributed by atoms with Crippen LogP contribution < -0.4 is 4.74 Å². The summed E-state index contributed by atoms with van der Waals surface area (Å²) in [4.78, 5) is 16.0. The maximum atomic E-state index is 11.8. The summed E-state index contributed by atoms with van der Waals surface area (Å²) >= 11 is 6.01. The molecule has 0 spiro atoms. The van der Waals surface area contributed by atoms with Crippen LogP contribution in [0.4, 0.5) is 0 Å². The Bertz CT molecular complexity index is 574. The van der Waals surface area contributed by atoms with Crippen LogP contribution in [-0.4, -0.2) is 24.7 Å². The molecular weight excluding hydrogens is 278 g/mol. The second kappa shape index (κ2) is 6.91. The Hall–Kier alpha value is -2.07. The summed E-state index contributed by atoms with van der Waals surface area (Å²) in [6.07, 6.45) is 1.63.